The minimum absolute atomic E-state index is 0.0273. The average molecular weight is 511 g/mol. The second-order valence-corrected chi connectivity index (χ2v) is 11.7. The van der Waals surface area contributed by atoms with Crippen LogP contribution in [0.4, 0.5) is 0 Å². The number of thiazole rings is 1. The number of fused-ring (bicyclic) bond motifs is 2. The normalized spacial score (nSPS) is 20.0. The fourth-order valence-electron chi connectivity index (χ4n) is 5.90. The van der Waals surface area contributed by atoms with Crippen LogP contribution in [0.2, 0.25) is 0 Å². The van der Waals surface area contributed by atoms with Crippen LogP contribution < -0.4 is 5.32 Å². The summed E-state index contributed by atoms with van der Waals surface area (Å²) in [6, 6.07) is 18.5. The lowest BCUT2D eigenvalue weighted by Gasteiger charge is -2.32. The van der Waals surface area contributed by atoms with E-state index >= 15 is 0 Å². The van der Waals surface area contributed by atoms with E-state index in [1.165, 1.54) is 46.0 Å². The zero-order chi connectivity index (χ0) is 25.2. The van der Waals surface area contributed by atoms with Gasteiger partial charge >= 0.3 is 0 Å². The number of hydrogen-bond acceptors (Lipinski definition) is 5. The SMILES string of the molecule is Cc1ccccc1-c1nc2c(s1)CCN(CCC1CCC(NC(=O)c3cccc4ncccc34)CC1)C2. The van der Waals surface area contributed by atoms with E-state index in [2.05, 4.69) is 46.4 Å². The van der Waals surface area contributed by atoms with Crippen molar-refractivity contribution in [3.63, 3.8) is 0 Å². The Balaban J connectivity index is 0.986. The molecule has 0 bridgehead atoms. The molecule has 1 aliphatic heterocycles. The van der Waals surface area contributed by atoms with Gasteiger partial charge in [0.1, 0.15) is 5.01 Å². The number of aromatic nitrogens is 2. The number of pyridine rings is 1. The van der Waals surface area contributed by atoms with Crippen molar-refractivity contribution in [2.75, 3.05) is 13.1 Å². The van der Waals surface area contributed by atoms with Gasteiger partial charge in [-0.1, -0.05) is 36.4 Å². The maximum atomic E-state index is 13.0. The highest BCUT2D eigenvalue weighted by Crippen LogP contribution is 2.34. The molecule has 190 valence electrons. The molecule has 2 aromatic carbocycles. The van der Waals surface area contributed by atoms with Gasteiger partial charge in [0.25, 0.3) is 5.91 Å². The van der Waals surface area contributed by atoms with Gasteiger partial charge in [0.2, 0.25) is 0 Å². The van der Waals surface area contributed by atoms with Crippen molar-refractivity contribution in [2.24, 2.45) is 5.92 Å². The van der Waals surface area contributed by atoms with E-state index in [0.717, 1.165) is 61.3 Å². The van der Waals surface area contributed by atoms with E-state index in [4.69, 9.17) is 4.98 Å². The van der Waals surface area contributed by atoms with Crippen LogP contribution in [0.15, 0.2) is 60.8 Å². The molecule has 37 heavy (non-hydrogen) atoms. The van der Waals surface area contributed by atoms with Gasteiger partial charge in [0.15, 0.2) is 0 Å². The van der Waals surface area contributed by atoms with Crippen LogP contribution in [0.1, 0.15) is 58.6 Å². The maximum absolute atomic E-state index is 13.0. The molecule has 0 atom stereocenters. The second-order valence-electron chi connectivity index (χ2n) is 10.6. The Bertz CT molecular complexity index is 1400. The summed E-state index contributed by atoms with van der Waals surface area (Å²) in [5.74, 6) is 0.772. The highest BCUT2D eigenvalue weighted by molar-refractivity contribution is 7.15. The molecule has 1 N–H and O–H groups in total. The van der Waals surface area contributed by atoms with Gasteiger partial charge in [-0.05, 0) is 81.7 Å². The zero-order valence-corrected chi connectivity index (χ0v) is 22.3. The third-order valence-corrected chi connectivity index (χ3v) is 9.30. The standard InChI is InChI=1S/C31H34N4OS/c1-21-6-2-3-7-24(21)31-34-28-20-35(19-16-29(28)37-31)18-15-22-11-13-23(14-12-22)33-30(36)26-8-4-10-27-25(26)9-5-17-32-27/h2-10,17,22-23H,11-16,18-20H2,1H3,(H,33,36). The predicted octanol–water partition coefficient (Wildman–Crippen LogP) is 6.40. The summed E-state index contributed by atoms with van der Waals surface area (Å²) in [5, 5.41) is 5.39. The number of carbonyl (C=O) groups excluding carboxylic acids is 1. The van der Waals surface area contributed by atoms with E-state index in [0.29, 0.717) is 0 Å². The molecule has 4 aromatic rings. The quantitative estimate of drug-likeness (QED) is 0.326. The third kappa shape index (κ3) is 5.32. The van der Waals surface area contributed by atoms with Crippen LogP contribution in [-0.4, -0.2) is 39.9 Å². The minimum atomic E-state index is 0.0273. The molecule has 6 rings (SSSR count). The third-order valence-electron chi connectivity index (χ3n) is 8.11. The zero-order valence-electron chi connectivity index (χ0n) is 21.5. The molecule has 6 heteroatoms. The summed E-state index contributed by atoms with van der Waals surface area (Å²) in [4.78, 5) is 26.5. The van der Waals surface area contributed by atoms with Gasteiger partial charge in [0.05, 0.1) is 11.2 Å². The first-order chi connectivity index (χ1) is 18.1. The van der Waals surface area contributed by atoms with Gasteiger partial charge in [-0.2, -0.15) is 0 Å². The number of benzene rings is 2. The largest absolute Gasteiger partial charge is 0.349 e. The molecule has 0 spiro atoms. The molecule has 1 fully saturated rings. The van der Waals surface area contributed by atoms with E-state index < -0.39 is 0 Å². The summed E-state index contributed by atoms with van der Waals surface area (Å²) in [5.41, 5.74) is 5.45. The summed E-state index contributed by atoms with van der Waals surface area (Å²) in [6.07, 6.45) is 8.63. The highest BCUT2D eigenvalue weighted by atomic mass is 32.1. The summed E-state index contributed by atoms with van der Waals surface area (Å²) >= 11 is 1.88. The fraction of sp³-hybridized carbons (Fsp3) is 0.387. The first kappa shape index (κ1) is 24.3. The Kier molecular flexibility index (Phi) is 7.03. The number of aryl methyl sites for hydroxylation is 1. The monoisotopic (exact) mass is 510 g/mol. The lowest BCUT2D eigenvalue weighted by atomic mass is 9.84. The van der Waals surface area contributed by atoms with Crippen LogP contribution >= 0.6 is 11.3 Å². The van der Waals surface area contributed by atoms with Crippen molar-refractivity contribution >= 4 is 28.1 Å². The smallest absolute Gasteiger partial charge is 0.252 e. The summed E-state index contributed by atoms with van der Waals surface area (Å²) < 4.78 is 0. The molecular weight excluding hydrogens is 476 g/mol. The number of carbonyl (C=O) groups is 1. The molecule has 1 aliphatic carbocycles. The molecule has 5 nitrogen and oxygen atoms in total. The van der Waals surface area contributed by atoms with E-state index in [9.17, 15) is 4.79 Å². The minimum Gasteiger partial charge on any atom is -0.349 e. The van der Waals surface area contributed by atoms with Crippen molar-refractivity contribution in [1.29, 1.82) is 0 Å². The second kappa shape index (κ2) is 10.7. The number of amides is 1. The molecule has 2 aliphatic rings. The summed E-state index contributed by atoms with van der Waals surface area (Å²) in [7, 11) is 0. The van der Waals surface area contributed by atoms with Crippen LogP contribution in [-0.2, 0) is 13.0 Å². The Morgan fingerprint density at radius 1 is 1.05 bits per heavy atom. The van der Waals surface area contributed by atoms with Crippen molar-refractivity contribution in [3.05, 3.63) is 82.5 Å². The van der Waals surface area contributed by atoms with Crippen molar-refractivity contribution < 1.29 is 4.79 Å². The first-order valence-electron chi connectivity index (χ1n) is 13.6. The lowest BCUT2D eigenvalue weighted by molar-refractivity contribution is 0.0921. The van der Waals surface area contributed by atoms with Gasteiger partial charge in [-0.25, -0.2) is 4.98 Å². The number of rotatable bonds is 6. The molecule has 0 saturated heterocycles. The first-order valence-corrected chi connectivity index (χ1v) is 14.4. The molecule has 3 heterocycles. The Morgan fingerprint density at radius 3 is 2.78 bits per heavy atom. The molecule has 1 amide bonds. The van der Waals surface area contributed by atoms with Crippen LogP contribution in [0.5, 0.6) is 0 Å². The number of hydrogen-bond donors (Lipinski definition) is 1. The van der Waals surface area contributed by atoms with E-state index in [1.807, 2.05) is 41.7 Å². The van der Waals surface area contributed by atoms with Crippen molar-refractivity contribution in [2.45, 2.75) is 58.0 Å². The lowest BCUT2D eigenvalue weighted by Crippen LogP contribution is -2.38. The Hall–Kier alpha value is -3.09. The number of nitrogens with zero attached hydrogens (tertiary/aromatic N) is 3. The van der Waals surface area contributed by atoms with Crippen LogP contribution in [0.25, 0.3) is 21.5 Å². The fourth-order valence-corrected chi connectivity index (χ4v) is 7.05. The topological polar surface area (TPSA) is 58.1 Å². The van der Waals surface area contributed by atoms with Crippen molar-refractivity contribution in [3.8, 4) is 10.6 Å². The maximum Gasteiger partial charge on any atom is 0.252 e. The van der Waals surface area contributed by atoms with Gasteiger partial charge < -0.3 is 5.32 Å². The molecule has 0 unspecified atom stereocenters. The summed E-state index contributed by atoms with van der Waals surface area (Å²) in [6.45, 7) is 5.42. The molecule has 1 saturated carbocycles. The average Bonchev–Trinajstić information content (AvgIpc) is 3.36. The highest BCUT2D eigenvalue weighted by Gasteiger charge is 2.26. The molecule has 2 aromatic heterocycles. The Morgan fingerprint density at radius 2 is 1.92 bits per heavy atom. The number of nitrogens with one attached hydrogen (secondary N) is 1. The van der Waals surface area contributed by atoms with Crippen molar-refractivity contribution in [1.82, 2.24) is 20.2 Å². The molecule has 0 radical (unpaired) electrons. The van der Waals surface area contributed by atoms with Gasteiger partial charge in [-0.15, -0.1) is 11.3 Å². The molecular formula is C31H34N4OS. The predicted molar refractivity (Wildman–Crippen MR) is 151 cm³/mol. The van der Waals surface area contributed by atoms with E-state index in [-0.39, 0.29) is 11.9 Å². The Labute approximate surface area is 223 Å². The van der Waals surface area contributed by atoms with Gasteiger partial charge in [0, 0.05) is 46.7 Å². The van der Waals surface area contributed by atoms with E-state index in [1.54, 1.807) is 6.20 Å². The van der Waals surface area contributed by atoms with Crippen LogP contribution in [0.3, 0.4) is 0 Å². The van der Waals surface area contributed by atoms with Crippen LogP contribution in [0, 0.1) is 12.8 Å². The van der Waals surface area contributed by atoms with Gasteiger partial charge in [-0.3, -0.25) is 14.7 Å².